The van der Waals surface area contributed by atoms with E-state index in [0.717, 1.165) is 32.0 Å². The van der Waals surface area contributed by atoms with Gasteiger partial charge in [0.05, 0.1) is 16.4 Å². The van der Waals surface area contributed by atoms with Crippen LogP contribution in [0, 0.1) is 11.8 Å². The summed E-state index contributed by atoms with van der Waals surface area (Å²) in [7, 11) is 0. The van der Waals surface area contributed by atoms with E-state index in [-0.39, 0.29) is 9.02 Å². The van der Waals surface area contributed by atoms with Crippen LogP contribution in [0.1, 0.15) is 32.1 Å². The summed E-state index contributed by atoms with van der Waals surface area (Å²) in [4.78, 5) is 0. The van der Waals surface area contributed by atoms with Gasteiger partial charge in [0.15, 0.2) is 5.79 Å². The molecule has 2 aliphatic carbocycles. The Morgan fingerprint density at radius 1 is 1.00 bits per heavy atom. The normalized spacial score (nSPS) is 42.0. The van der Waals surface area contributed by atoms with Gasteiger partial charge in [0.1, 0.15) is 0 Å². The molecule has 15 heavy (non-hydrogen) atoms. The van der Waals surface area contributed by atoms with Gasteiger partial charge in [-0.25, -0.2) is 0 Å². The Balaban J connectivity index is 1.76. The molecule has 2 saturated carbocycles. The number of rotatable bonds is 0. The molecular weight excluding hydrogens is 324 g/mol. The molecule has 0 amide bonds. The van der Waals surface area contributed by atoms with Crippen LogP contribution in [-0.2, 0) is 9.47 Å². The maximum atomic E-state index is 5.84. The third-order valence-electron chi connectivity index (χ3n) is 4.03. The van der Waals surface area contributed by atoms with Gasteiger partial charge in [-0.2, -0.15) is 0 Å². The number of ether oxygens (including phenoxy) is 2. The van der Waals surface area contributed by atoms with E-state index >= 15 is 0 Å². The Labute approximate surface area is 107 Å². The van der Waals surface area contributed by atoms with Crippen molar-refractivity contribution in [3.05, 3.63) is 0 Å². The van der Waals surface area contributed by atoms with E-state index in [1.54, 1.807) is 0 Å². The summed E-state index contributed by atoms with van der Waals surface area (Å²) in [5.41, 5.74) is 0. The number of fused-ring (bicyclic) bond motifs is 1. The average Bonchev–Trinajstić information content (AvgIpc) is 2.58. The molecule has 86 valence electrons. The molecule has 3 rings (SSSR count). The topological polar surface area (TPSA) is 18.5 Å². The second kappa shape index (κ2) is 3.69. The van der Waals surface area contributed by atoms with Crippen LogP contribution in [0.2, 0.25) is 0 Å². The van der Waals surface area contributed by atoms with E-state index in [4.69, 9.17) is 9.47 Å². The van der Waals surface area contributed by atoms with Crippen molar-refractivity contribution in [3.8, 4) is 0 Å². The molecule has 2 atom stereocenters. The molecule has 0 aromatic rings. The van der Waals surface area contributed by atoms with E-state index in [0.29, 0.717) is 5.92 Å². The van der Waals surface area contributed by atoms with Crippen LogP contribution in [0.3, 0.4) is 0 Å². The number of hydrogen-bond acceptors (Lipinski definition) is 2. The maximum Gasteiger partial charge on any atom is 0.168 e. The highest BCUT2D eigenvalue weighted by molar-refractivity contribution is 9.25. The second-order valence-corrected chi connectivity index (χ2v) is 8.63. The first-order valence-corrected chi connectivity index (χ1v) is 7.38. The van der Waals surface area contributed by atoms with Crippen LogP contribution in [0.15, 0.2) is 0 Å². The predicted octanol–water partition coefficient (Wildman–Crippen LogP) is 3.43. The Bertz CT molecular complexity index is 261. The van der Waals surface area contributed by atoms with Gasteiger partial charge >= 0.3 is 0 Å². The smallest absolute Gasteiger partial charge is 0.168 e. The van der Waals surface area contributed by atoms with Gasteiger partial charge in [0.25, 0.3) is 0 Å². The maximum absolute atomic E-state index is 5.84. The minimum Gasteiger partial charge on any atom is -0.348 e. The van der Waals surface area contributed by atoms with E-state index in [1.807, 2.05) is 0 Å². The summed E-state index contributed by atoms with van der Waals surface area (Å²) in [6, 6.07) is 0. The van der Waals surface area contributed by atoms with Crippen LogP contribution in [0.4, 0.5) is 0 Å². The molecule has 2 unspecified atom stereocenters. The van der Waals surface area contributed by atoms with Gasteiger partial charge in [-0.3, -0.25) is 0 Å². The molecule has 1 spiro atoms. The lowest BCUT2D eigenvalue weighted by Gasteiger charge is -2.29. The Kier molecular flexibility index (Phi) is 2.70. The summed E-state index contributed by atoms with van der Waals surface area (Å²) >= 11 is 7.57. The Morgan fingerprint density at radius 3 is 2.47 bits per heavy atom. The monoisotopic (exact) mass is 338 g/mol. The van der Waals surface area contributed by atoms with E-state index in [1.165, 1.54) is 19.3 Å². The molecular formula is C11H16Br2O2. The third kappa shape index (κ3) is 1.81. The number of halogens is 2. The van der Waals surface area contributed by atoms with Gasteiger partial charge in [0.2, 0.25) is 0 Å². The van der Waals surface area contributed by atoms with E-state index in [2.05, 4.69) is 31.9 Å². The third-order valence-corrected chi connectivity index (χ3v) is 6.38. The van der Waals surface area contributed by atoms with Crippen molar-refractivity contribution in [2.45, 2.75) is 41.1 Å². The fraction of sp³-hybridized carbons (Fsp3) is 1.00. The largest absolute Gasteiger partial charge is 0.348 e. The fourth-order valence-electron chi connectivity index (χ4n) is 3.09. The molecule has 4 heteroatoms. The van der Waals surface area contributed by atoms with Crippen molar-refractivity contribution in [1.82, 2.24) is 0 Å². The highest BCUT2D eigenvalue weighted by Gasteiger charge is 2.64. The summed E-state index contributed by atoms with van der Waals surface area (Å²) in [5, 5.41) is 0. The summed E-state index contributed by atoms with van der Waals surface area (Å²) in [5.74, 6) is 1.20. The zero-order valence-corrected chi connectivity index (χ0v) is 11.8. The predicted molar refractivity (Wildman–Crippen MR) is 65.3 cm³/mol. The van der Waals surface area contributed by atoms with Crippen LogP contribution < -0.4 is 0 Å². The van der Waals surface area contributed by atoms with E-state index in [9.17, 15) is 0 Å². The first-order valence-electron chi connectivity index (χ1n) is 5.80. The molecule has 0 aromatic heterocycles. The molecule has 2 nitrogen and oxygen atoms in total. The molecule has 0 N–H and O–H groups in total. The van der Waals surface area contributed by atoms with Gasteiger partial charge in [-0.1, -0.05) is 38.3 Å². The molecule has 3 aliphatic rings. The first-order chi connectivity index (χ1) is 7.14. The van der Waals surface area contributed by atoms with Crippen LogP contribution in [-0.4, -0.2) is 22.2 Å². The fourth-order valence-corrected chi connectivity index (χ4v) is 4.88. The quantitative estimate of drug-likeness (QED) is 0.629. The number of hydrogen-bond donors (Lipinski definition) is 0. The lowest BCUT2D eigenvalue weighted by atomic mass is 9.96. The molecule has 3 fully saturated rings. The Morgan fingerprint density at radius 2 is 1.73 bits per heavy atom. The van der Waals surface area contributed by atoms with Gasteiger partial charge in [0, 0.05) is 12.8 Å². The lowest BCUT2D eigenvalue weighted by Crippen LogP contribution is -2.32. The van der Waals surface area contributed by atoms with Crippen molar-refractivity contribution in [1.29, 1.82) is 0 Å². The van der Waals surface area contributed by atoms with Crippen molar-refractivity contribution in [2.24, 2.45) is 11.8 Å². The highest BCUT2D eigenvalue weighted by atomic mass is 79.9. The number of alkyl halides is 2. The Hall–Kier alpha value is 0.880. The molecule has 1 heterocycles. The van der Waals surface area contributed by atoms with Crippen LogP contribution >= 0.6 is 31.9 Å². The van der Waals surface area contributed by atoms with Gasteiger partial charge < -0.3 is 9.47 Å². The molecule has 0 bridgehead atoms. The van der Waals surface area contributed by atoms with Gasteiger partial charge in [-0.15, -0.1) is 0 Å². The summed E-state index contributed by atoms with van der Waals surface area (Å²) in [6.45, 7) is 1.55. The summed E-state index contributed by atoms with van der Waals surface area (Å²) in [6.07, 6.45) is 5.99. The van der Waals surface area contributed by atoms with Crippen molar-refractivity contribution in [2.75, 3.05) is 13.2 Å². The van der Waals surface area contributed by atoms with Gasteiger partial charge in [-0.05, 0) is 24.7 Å². The highest BCUT2D eigenvalue weighted by Crippen LogP contribution is 2.67. The lowest BCUT2D eigenvalue weighted by molar-refractivity contribution is -0.172. The molecule has 1 saturated heterocycles. The average molecular weight is 340 g/mol. The van der Waals surface area contributed by atoms with Crippen LogP contribution in [0.5, 0.6) is 0 Å². The SMILES string of the molecule is BrC1(Br)C2CCCCC3(CC21)OCCO3. The minimum absolute atomic E-state index is 0.173. The molecule has 0 aromatic carbocycles. The minimum atomic E-state index is -0.243. The standard InChI is InChI=1S/C11H16Br2O2/c12-11(13)8-3-1-2-4-10(7-9(8)11)14-5-6-15-10/h8-9H,1-7H2. The zero-order valence-electron chi connectivity index (χ0n) is 8.68. The molecule has 0 radical (unpaired) electrons. The van der Waals surface area contributed by atoms with E-state index < -0.39 is 0 Å². The summed E-state index contributed by atoms with van der Waals surface area (Å²) < 4.78 is 11.9. The first kappa shape index (κ1) is 11.0. The van der Waals surface area contributed by atoms with Crippen LogP contribution in [0.25, 0.3) is 0 Å². The second-order valence-electron chi connectivity index (χ2n) is 4.95. The zero-order chi connectivity index (χ0) is 10.5. The van der Waals surface area contributed by atoms with Crippen molar-refractivity contribution < 1.29 is 9.47 Å². The van der Waals surface area contributed by atoms with Crippen molar-refractivity contribution >= 4 is 31.9 Å². The molecule has 1 aliphatic heterocycles. The van der Waals surface area contributed by atoms with Crippen molar-refractivity contribution in [3.63, 3.8) is 0 Å².